The highest BCUT2D eigenvalue weighted by molar-refractivity contribution is 5.30. The number of hydrogen-bond acceptors (Lipinski definition) is 3. The van der Waals surface area contributed by atoms with Crippen LogP contribution in [0.3, 0.4) is 0 Å². The van der Waals surface area contributed by atoms with Gasteiger partial charge in [0, 0.05) is 12.1 Å². The first-order chi connectivity index (χ1) is 12.3. The summed E-state index contributed by atoms with van der Waals surface area (Å²) in [5.74, 6) is 0. The van der Waals surface area contributed by atoms with E-state index in [1.807, 2.05) is 12.1 Å². The molecule has 2 aromatic carbocycles. The van der Waals surface area contributed by atoms with Crippen LogP contribution in [0.2, 0.25) is 0 Å². The van der Waals surface area contributed by atoms with Gasteiger partial charge in [-0.3, -0.25) is 4.90 Å². The van der Waals surface area contributed by atoms with E-state index in [-0.39, 0.29) is 12.2 Å². The predicted octanol–water partition coefficient (Wildman–Crippen LogP) is 4.31. The maximum Gasteiger partial charge on any atom is 0.108 e. The Morgan fingerprint density at radius 2 is 1.44 bits per heavy atom. The Labute approximate surface area is 149 Å². The third-order valence-corrected chi connectivity index (χ3v) is 5.63. The highest BCUT2D eigenvalue weighted by atomic mass is 16.5. The molecule has 2 bridgehead atoms. The molecule has 2 heterocycles. The van der Waals surface area contributed by atoms with Gasteiger partial charge in [0.15, 0.2) is 0 Å². The molecular formula is C22H24N2O. The van der Waals surface area contributed by atoms with E-state index in [0.29, 0.717) is 18.6 Å². The number of fused-ring (bicyclic) bond motifs is 2. The molecule has 2 unspecified atom stereocenters. The second-order valence-corrected chi connectivity index (χ2v) is 7.15. The average molecular weight is 332 g/mol. The Morgan fingerprint density at radius 3 is 1.92 bits per heavy atom. The summed E-state index contributed by atoms with van der Waals surface area (Å²) in [4.78, 5) is 2.39. The first-order valence-corrected chi connectivity index (χ1v) is 9.23. The third-order valence-electron chi connectivity index (χ3n) is 5.63. The molecule has 2 aliphatic heterocycles. The van der Waals surface area contributed by atoms with E-state index in [2.05, 4.69) is 59.5 Å². The summed E-state index contributed by atoms with van der Waals surface area (Å²) < 4.78 is 6.66. The number of nitriles is 1. The molecule has 3 heteroatoms. The second-order valence-electron chi connectivity index (χ2n) is 7.15. The Morgan fingerprint density at radius 1 is 0.920 bits per heavy atom. The van der Waals surface area contributed by atoms with Gasteiger partial charge in [-0.05, 0) is 36.8 Å². The van der Waals surface area contributed by atoms with E-state index in [1.165, 1.54) is 24.0 Å². The van der Waals surface area contributed by atoms with Crippen LogP contribution in [0.4, 0.5) is 0 Å². The van der Waals surface area contributed by atoms with E-state index in [0.717, 1.165) is 12.8 Å². The summed E-state index contributed by atoms with van der Waals surface area (Å²) in [6.45, 7) is 0.558. The van der Waals surface area contributed by atoms with Gasteiger partial charge in [0.1, 0.15) is 6.10 Å². The van der Waals surface area contributed by atoms with Gasteiger partial charge in [0.25, 0.3) is 0 Å². The van der Waals surface area contributed by atoms with Crippen molar-refractivity contribution in [2.45, 2.75) is 50.0 Å². The fraction of sp³-hybridized carbons (Fsp3) is 0.409. The molecule has 0 amide bonds. The van der Waals surface area contributed by atoms with E-state index in [4.69, 9.17) is 10.00 Å². The smallest absolute Gasteiger partial charge is 0.108 e. The molecule has 25 heavy (non-hydrogen) atoms. The van der Waals surface area contributed by atoms with Gasteiger partial charge in [0.2, 0.25) is 0 Å². The van der Waals surface area contributed by atoms with Crippen LogP contribution < -0.4 is 0 Å². The highest BCUT2D eigenvalue weighted by Crippen LogP contribution is 2.39. The van der Waals surface area contributed by atoms with Gasteiger partial charge in [-0.15, -0.1) is 0 Å². The van der Waals surface area contributed by atoms with Crippen LogP contribution in [0.5, 0.6) is 0 Å². The van der Waals surface area contributed by atoms with Gasteiger partial charge in [-0.2, -0.15) is 5.26 Å². The van der Waals surface area contributed by atoms with E-state index >= 15 is 0 Å². The number of piperidine rings is 1. The first kappa shape index (κ1) is 16.3. The monoisotopic (exact) mass is 332 g/mol. The molecule has 2 saturated heterocycles. The van der Waals surface area contributed by atoms with Gasteiger partial charge in [0.05, 0.1) is 18.7 Å². The number of nitrogens with zero attached hydrogens (tertiary/aromatic N) is 2. The molecular weight excluding hydrogens is 308 g/mol. The molecule has 3 nitrogen and oxygen atoms in total. The van der Waals surface area contributed by atoms with Gasteiger partial charge in [-0.1, -0.05) is 60.7 Å². The number of rotatable bonds is 5. The van der Waals surface area contributed by atoms with E-state index in [1.54, 1.807) is 0 Å². The molecule has 0 radical (unpaired) electrons. The third kappa shape index (κ3) is 3.46. The topological polar surface area (TPSA) is 36.3 Å². The lowest BCUT2D eigenvalue weighted by Crippen LogP contribution is -2.45. The van der Waals surface area contributed by atoms with Crippen molar-refractivity contribution in [2.75, 3.05) is 6.54 Å². The quantitative estimate of drug-likeness (QED) is 0.766. The lowest BCUT2D eigenvalue weighted by molar-refractivity contribution is -0.0454. The average Bonchev–Trinajstić information content (AvgIpc) is 2.90. The van der Waals surface area contributed by atoms with Gasteiger partial charge in [-0.25, -0.2) is 0 Å². The van der Waals surface area contributed by atoms with Crippen molar-refractivity contribution in [3.05, 3.63) is 71.8 Å². The second kappa shape index (κ2) is 7.39. The SMILES string of the molecule is N#CCN1C2CCC1CC(OC(c1ccccc1)c1ccccc1)C2. The largest absolute Gasteiger partial charge is 0.365 e. The van der Waals surface area contributed by atoms with E-state index in [9.17, 15) is 0 Å². The Kier molecular flexibility index (Phi) is 4.83. The number of hydrogen-bond donors (Lipinski definition) is 0. The van der Waals surface area contributed by atoms with Crippen LogP contribution in [0.1, 0.15) is 42.9 Å². The molecule has 2 aliphatic rings. The molecule has 2 atom stereocenters. The zero-order valence-electron chi connectivity index (χ0n) is 14.4. The minimum absolute atomic E-state index is 0.0192. The summed E-state index contributed by atoms with van der Waals surface area (Å²) in [7, 11) is 0. The fourth-order valence-electron chi connectivity index (χ4n) is 4.47. The lowest BCUT2D eigenvalue weighted by atomic mass is 9.97. The normalized spacial score (nSPS) is 25.8. The standard InChI is InChI=1S/C22H24N2O/c23-13-14-24-19-11-12-20(24)16-21(15-19)25-22(17-7-3-1-4-8-17)18-9-5-2-6-10-18/h1-10,19-22H,11-12,14-16H2. The molecule has 2 aromatic rings. The molecule has 0 N–H and O–H groups in total. The Hall–Kier alpha value is -2.15. The molecule has 128 valence electrons. The Bertz CT molecular complexity index is 671. The number of benzene rings is 2. The van der Waals surface area contributed by atoms with Crippen molar-refractivity contribution in [2.24, 2.45) is 0 Å². The van der Waals surface area contributed by atoms with Crippen LogP contribution in [0, 0.1) is 11.3 Å². The molecule has 2 fully saturated rings. The molecule has 0 saturated carbocycles. The molecule has 0 spiro atoms. The molecule has 0 aromatic heterocycles. The van der Waals surface area contributed by atoms with Crippen LogP contribution >= 0.6 is 0 Å². The highest BCUT2D eigenvalue weighted by Gasteiger charge is 2.41. The predicted molar refractivity (Wildman–Crippen MR) is 98.0 cm³/mol. The summed E-state index contributed by atoms with van der Waals surface area (Å²) in [5.41, 5.74) is 2.42. The Balaban J connectivity index is 1.54. The zero-order chi connectivity index (χ0) is 17.1. The van der Waals surface area contributed by atoms with Crippen molar-refractivity contribution in [1.82, 2.24) is 4.90 Å². The summed E-state index contributed by atoms with van der Waals surface area (Å²) in [5, 5.41) is 9.07. The summed E-state index contributed by atoms with van der Waals surface area (Å²) >= 11 is 0. The van der Waals surface area contributed by atoms with Crippen molar-refractivity contribution < 1.29 is 4.74 Å². The maximum atomic E-state index is 9.07. The molecule has 0 aliphatic carbocycles. The minimum Gasteiger partial charge on any atom is -0.365 e. The van der Waals surface area contributed by atoms with Crippen LogP contribution in [0.15, 0.2) is 60.7 Å². The van der Waals surface area contributed by atoms with E-state index < -0.39 is 0 Å². The van der Waals surface area contributed by atoms with Crippen molar-refractivity contribution >= 4 is 0 Å². The minimum atomic E-state index is -0.0192. The first-order valence-electron chi connectivity index (χ1n) is 9.23. The van der Waals surface area contributed by atoms with Gasteiger partial charge >= 0.3 is 0 Å². The van der Waals surface area contributed by atoms with Crippen LogP contribution in [-0.4, -0.2) is 29.6 Å². The molecule has 4 rings (SSSR count). The van der Waals surface area contributed by atoms with Crippen LogP contribution in [0.25, 0.3) is 0 Å². The van der Waals surface area contributed by atoms with Crippen molar-refractivity contribution in [3.8, 4) is 6.07 Å². The lowest BCUT2D eigenvalue weighted by Gasteiger charge is -2.38. The fourth-order valence-corrected chi connectivity index (χ4v) is 4.47. The van der Waals surface area contributed by atoms with Crippen molar-refractivity contribution in [1.29, 1.82) is 5.26 Å². The van der Waals surface area contributed by atoms with Gasteiger partial charge < -0.3 is 4.74 Å². The zero-order valence-corrected chi connectivity index (χ0v) is 14.4. The van der Waals surface area contributed by atoms with Crippen molar-refractivity contribution in [3.63, 3.8) is 0 Å². The summed E-state index contributed by atoms with van der Waals surface area (Å²) in [6, 6.07) is 24.4. The summed E-state index contributed by atoms with van der Waals surface area (Å²) in [6.07, 6.45) is 4.72. The van der Waals surface area contributed by atoms with Crippen LogP contribution in [-0.2, 0) is 4.74 Å². The maximum absolute atomic E-state index is 9.07. The number of ether oxygens (including phenoxy) is 1.